The Labute approximate surface area is 160 Å². The van der Waals surface area contributed by atoms with Crippen LogP contribution in [0.3, 0.4) is 0 Å². The second kappa shape index (κ2) is 7.25. The average Bonchev–Trinajstić information content (AvgIpc) is 2.86. The number of hydrogen-bond donors (Lipinski definition) is 2. The summed E-state index contributed by atoms with van der Waals surface area (Å²) in [5.41, 5.74) is 10.3. The summed E-state index contributed by atoms with van der Waals surface area (Å²) in [6, 6.07) is 9.07. The maximum atomic E-state index is 12.3. The van der Waals surface area contributed by atoms with Gasteiger partial charge in [0, 0.05) is 17.0 Å². The first-order chi connectivity index (χ1) is 12.3. The highest BCUT2D eigenvalue weighted by molar-refractivity contribution is 9.10. The molecule has 0 unspecified atom stereocenters. The molecule has 26 heavy (non-hydrogen) atoms. The molecule has 0 bridgehead atoms. The number of hydrazine groups is 1. The fourth-order valence-electron chi connectivity index (χ4n) is 2.60. The molecule has 0 aliphatic rings. The van der Waals surface area contributed by atoms with Gasteiger partial charge in [-0.05, 0) is 74.0 Å². The van der Waals surface area contributed by atoms with Crippen molar-refractivity contribution in [3.63, 3.8) is 0 Å². The first-order valence-electron chi connectivity index (χ1n) is 8.06. The van der Waals surface area contributed by atoms with E-state index in [0.29, 0.717) is 11.5 Å². The lowest BCUT2D eigenvalue weighted by Gasteiger charge is -2.09. The molecule has 2 N–H and O–H groups in total. The van der Waals surface area contributed by atoms with Gasteiger partial charge in [0.15, 0.2) is 0 Å². The molecule has 2 heterocycles. The van der Waals surface area contributed by atoms with E-state index in [1.54, 1.807) is 12.1 Å². The van der Waals surface area contributed by atoms with Gasteiger partial charge >= 0.3 is 0 Å². The number of hydrogen-bond acceptors (Lipinski definition) is 5. The maximum absolute atomic E-state index is 12.3. The molecule has 134 valence electrons. The Morgan fingerprint density at radius 1 is 1.04 bits per heavy atom. The van der Waals surface area contributed by atoms with E-state index in [4.69, 9.17) is 0 Å². The Bertz CT molecular complexity index is 944. The van der Waals surface area contributed by atoms with E-state index in [0.717, 1.165) is 32.9 Å². The van der Waals surface area contributed by atoms with Gasteiger partial charge in [0.05, 0.1) is 21.5 Å². The van der Waals surface area contributed by atoms with Gasteiger partial charge in [-0.25, -0.2) is 14.6 Å². The van der Waals surface area contributed by atoms with E-state index in [2.05, 4.69) is 41.8 Å². The second-order valence-electron chi connectivity index (χ2n) is 6.00. The zero-order chi connectivity index (χ0) is 18.8. The molecule has 3 aromatic rings. The number of carbonyl (C=O) groups is 1. The molecule has 1 amide bonds. The summed E-state index contributed by atoms with van der Waals surface area (Å²) in [4.78, 5) is 20.7. The molecule has 8 heteroatoms. The molecule has 7 nitrogen and oxygen atoms in total. The molecule has 2 aromatic heterocycles. The lowest BCUT2D eigenvalue weighted by molar-refractivity contribution is 0.0962. The standard InChI is InChI=1S/C18H19BrN6O/c1-10-9-11(2)21-18(20-10)23-22-17(26)14-5-7-15(8-6-14)25-13(4)16(19)12(3)24-25/h5-9H,1-4H3,(H,22,26)(H,20,21,23). The van der Waals surface area contributed by atoms with Crippen LogP contribution in [-0.4, -0.2) is 25.7 Å². The second-order valence-corrected chi connectivity index (χ2v) is 6.79. The third kappa shape index (κ3) is 3.75. The fraction of sp³-hybridized carbons (Fsp3) is 0.222. The normalized spacial score (nSPS) is 10.7. The zero-order valence-electron chi connectivity index (χ0n) is 15.0. The van der Waals surface area contributed by atoms with Gasteiger partial charge in [0.2, 0.25) is 5.95 Å². The van der Waals surface area contributed by atoms with Crippen LogP contribution in [0, 0.1) is 27.7 Å². The van der Waals surface area contributed by atoms with Gasteiger partial charge in [-0.15, -0.1) is 0 Å². The van der Waals surface area contributed by atoms with E-state index < -0.39 is 0 Å². The van der Waals surface area contributed by atoms with Gasteiger partial charge in [-0.3, -0.25) is 15.6 Å². The van der Waals surface area contributed by atoms with Crippen LogP contribution in [-0.2, 0) is 0 Å². The number of aromatic nitrogens is 4. The molecule has 0 radical (unpaired) electrons. The highest BCUT2D eigenvalue weighted by Gasteiger charge is 2.11. The summed E-state index contributed by atoms with van der Waals surface area (Å²) in [7, 11) is 0. The Morgan fingerprint density at radius 2 is 1.65 bits per heavy atom. The van der Waals surface area contributed by atoms with Crippen LogP contribution >= 0.6 is 15.9 Å². The maximum Gasteiger partial charge on any atom is 0.269 e. The number of nitrogens with one attached hydrogen (secondary N) is 2. The number of nitrogens with zero attached hydrogens (tertiary/aromatic N) is 4. The summed E-state index contributed by atoms with van der Waals surface area (Å²) in [6.45, 7) is 7.67. The van der Waals surface area contributed by atoms with Crippen LogP contribution in [0.1, 0.15) is 33.1 Å². The van der Waals surface area contributed by atoms with Crippen molar-refractivity contribution in [2.45, 2.75) is 27.7 Å². The van der Waals surface area contributed by atoms with Gasteiger partial charge in [0.1, 0.15) is 0 Å². The molecule has 3 rings (SSSR count). The summed E-state index contributed by atoms with van der Waals surface area (Å²) >= 11 is 3.52. The number of amides is 1. The molecular weight excluding hydrogens is 396 g/mol. The average molecular weight is 415 g/mol. The van der Waals surface area contributed by atoms with Crippen molar-refractivity contribution in [2.24, 2.45) is 0 Å². The van der Waals surface area contributed by atoms with E-state index >= 15 is 0 Å². The Morgan fingerprint density at radius 3 is 2.19 bits per heavy atom. The minimum atomic E-state index is -0.270. The van der Waals surface area contributed by atoms with Gasteiger partial charge < -0.3 is 0 Å². The molecule has 0 fully saturated rings. The topological polar surface area (TPSA) is 84.7 Å². The third-order valence-corrected chi connectivity index (χ3v) is 4.99. The van der Waals surface area contributed by atoms with Crippen LogP contribution in [0.4, 0.5) is 5.95 Å². The zero-order valence-corrected chi connectivity index (χ0v) is 16.5. The highest BCUT2D eigenvalue weighted by atomic mass is 79.9. The fourth-order valence-corrected chi connectivity index (χ4v) is 2.84. The number of carbonyl (C=O) groups excluding carboxylic acids is 1. The smallest absolute Gasteiger partial charge is 0.267 e. The van der Waals surface area contributed by atoms with Crippen molar-refractivity contribution >= 4 is 27.8 Å². The van der Waals surface area contributed by atoms with Crippen LogP contribution in [0.15, 0.2) is 34.8 Å². The first-order valence-corrected chi connectivity index (χ1v) is 8.85. The lowest BCUT2D eigenvalue weighted by Crippen LogP contribution is -2.30. The SMILES string of the molecule is Cc1cc(C)nc(NNC(=O)c2ccc(-n3nc(C)c(Br)c3C)cc2)n1. The Balaban J connectivity index is 1.71. The first kappa shape index (κ1) is 18.1. The largest absolute Gasteiger partial charge is 0.269 e. The van der Waals surface area contributed by atoms with Crippen molar-refractivity contribution in [2.75, 3.05) is 5.43 Å². The minimum Gasteiger partial charge on any atom is -0.267 e. The molecule has 0 saturated carbocycles. The van der Waals surface area contributed by atoms with E-state index in [9.17, 15) is 4.79 Å². The van der Waals surface area contributed by atoms with Crippen molar-refractivity contribution < 1.29 is 4.79 Å². The van der Waals surface area contributed by atoms with Gasteiger partial charge in [-0.1, -0.05) is 0 Å². The molecule has 0 spiro atoms. The van der Waals surface area contributed by atoms with Crippen molar-refractivity contribution in [3.05, 3.63) is 63.1 Å². The summed E-state index contributed by atoms with van der Waals surface area (Å²) < 4.78 is 2.82. The van der Waals surface area contributed by atoms with Crippen molar-refractivity contribution in [3.8, 4) is 5.69 Å². The number of rotatable bonds is 4. The number of aryl methyl sites for hydroxylation is 3. The molecule has 0 atom stereocenters. The third-order valence-electron chi connectivity index (χ3n) is 3.85. The number of benzene rings is 1. The van der Waals surface area contributed by atoms with Crippen LogP contribution < -0.4 is 10.9 Å². The predicted octanol–water partition coefficient (Wildman–Crippen LogP) is 3.42. The van der Waals surface area contributed by atoms with Crippen LogP contribution in [0.25, 0.3) is 5.69 Å². The quantitative estimate of drug-likeness (QED) is 0.638. The van der Waals surface area contributed by atoms with Gasteiger partial charge in [-0.2, -0.15) is 5.10 Å². The Kier molecular flexibility index (Phi) is 5.03. The van der Waals surface area contributed by atoms with Crippen molar-refractivity contribution in [1.29, 1.82) is 0 Å². The Hall–Kier alpha value is -2.74. The monoisotopic (exact) mass is 414 g/mol. The predicted molar refractivity (Wildman–Crippen MR) is 103 cm³/mol. The van der Waals surface area contributed by atoms with Crippen LogP contribution in [0.2, 0.25) is 0 Å². The molecule has 1 aromatic carbocycles. The number of anilines is 1. The van der Waals surface area contributed by atoms with Crippen LogP contribution in [0.5, 0.6) is 0 Å². The van der Waals surface area contributed by atoms with Crippen molar-refractivity contribution in [1.82, 2.24) is 25.2 Å². The van der Waals surface area contributed by atoms with E-state index in [-0.39, 0.29) is 5.91 Å². The lowest BCUT2D eigenvalue weighted by atomic mass is 10.2. The molecule has 0 aliphatic heterocycles. The van der Waals surface area contributed by atoms with Gasteiger partial charge in [0.25, 0.3) is 5.91 Å². The molecule has 0 aliphatic carbocycles. The minimum absolute atomic E-state index is 0.270. The molecule has 0 saturated heterocycles. The summed E-state index contributed by atoms with van der Waals surface area (Å²) in [5, 5.41) is 4.49. The van der Waals surface area contributed by atoms with E-state index in [1.807, 2.05) is 50.6 Å². The summed E-state index contributed by atoms with van der Waals surface area (Å²) in [6.07, 6.45) is 0. The van der Waals surface area contributed by atoms with E-state index in [1.165, 1.54) is 0 Å². The molecular formula is C18H19BrN6O. The highest BCUT2D eigenvalue weighted by Crippen LogP contribution is 2.23. The summed E-state index contributed by atoms with van der Waals surface area (Å²) in [5.74, 6) is 0.0915. The number of halogens is 1.